The molecule has 0 aliphatic rings. The molecule has 0 fully saturated rings. The van der Waals surface area contributed by atoms with E-state index in [-0.39, 0.29) is 5.56 Å². The summed E-state index contributed by atoms with van der Waals surface area (Å²) in [6, 6.07) is 4.79. The van der Waals surface area contributed by atoms with Crippen LogP contribution in [0.25, 0.3) is 0 Å². The fraction of sp³-hybridized carbons (Fsp3) is 0.0909. The monoisotopic (exact) mass is 205 g/mol. The molecule has 0 saturated heterocycles. The van der Waals surface area contributed by atoms with Crippen molar-refractivity contribution in [3.05, 3.63) is 42.0 Å². The van der Waals surface area contributed by atoms with Crippen molar-refractivity contribution in [1.82, 2.24) is 0 Å². The summed E-state index contributed by atoms with van der Waals surface area (Å²) in [7, 11) is 0. The van der Waals surface area contributed by atoms with Gasteiger partial charge in [0.05, 0.1) is 11.3 Å². The normalized spacial score (nSPS) is 9.40. The van der Waals surface area contributed by atoms with Crippen LogP contribution >= 0.6 is 0 Å². The number of aromatic carboxylic acids is 1. The first-order valence-corrected chi connectivity index (χ1v) is 4.32. The van der Waals surface area contributed by atoms with Gasteiger partial charge in [-0.1, -0.05) is 18.7 Å². The quantitative estimate of drug-likeness (QED) is 0.739. The average molecular weight is 205 g/mol. The SMILES string of the molecule is C=CC(=O)Nc1c(C)cccc1C(=O)O. The lowest BCUT2D eigenvalue weighted by Crippen LogP contribution is -2.13. The third-order valence-electron chi connectivity index (χ3n) is 1.94. The summed E-state index contributed by atoms with van der Waals surface area (Å²) in [6.45, 7) is 5.03. The summed E-state index contributed by atoms with van der Waals surface area (Å²) in [5.41, 5.74) is 1.09. The molecular formula is C11H11NO3. The largest absolute Gasteiger partial charge is 0.478 e. The van der Waals surface area contributed by atoms with Crippen LogP contribution in [0.5, 0.6) is 0 Å². The number of carboxylic acids is 1. The highest BCUT2D eigenvalue weighted by Crippen LogP contribution is 2.20. The molecule has 15 heavy (non-hydrogen) atoms. The number of carbonyl (C=O) groups excluding carboxylic acids is 1. The third kappa shape index (κ3) is 2.43. The van der Waals surface area contributed by atoms with E-state index in [9.17, 15) is 9.59 Å². The second-order valence-corrected chi connectivity index (χ2v) is 3.00. The number of benzene rings is 1. The molecule has 1 amide bonds. The van der Waals surface area contributed by atoms with E-state index in [1.807, 2.05) is 0 Å². The maximum atomic E-state index is 11.1. The second-order valence-electron chi connectivity index (χ2n) is 3.00. The van der Waals surface area contributed by atoms with Gasteiger partial charge in [0.1, 0.15) is 0 Å². The Morgan fingerprint density at radius 2 is 2.13 bits per heavy atom. The molecule has 0 aliphatic carbocycles. The molecule has 4 heteroatoms. The number of nitrogens with one attached hydrogen (secondary N) is 1. The Kier molecular flexibility index (Phi) is 3.23. The van der Waals surface area contributed by atoms with Gasteiger partial charge in [-0.2, -0.15) is 0 Å². The molecule has 4 nitrogen and oxygen atoms in total. The molecule has 0 radical (unpaired) electrons. The lowest BCUT2D eigenvalue weighted by atomic mass is 10.1. The summed E-state index contributed by atoms with van der Waals surface area (Å²) in [5.74, 6) is -1.50. The zero-order chi connectivity index (χ0) is 11.4. The van der Waals surface area contributed by atoms with Crippen molar-refractivity contribution in [2.45, 2.75) is 6.92 Å². The molecule has 0 aromatic heterocycles. The summed E-state index contributed by atoms with van der Waals surface area (Å²) in [6.07, 6.45) is 1.10. The summed E-state index contributed by atoms with van der Waals surface area (Å²) >= 11 is 0. The van der Waals surface area contributed by atoms with Crippen LogP contribution in [-0.2, 0) is 4.79 Å². The van der Waals surface area contributed by atoms with E-state index in [0.717, 1.165) is 6.08 Å². The molecule has 0 saturated carbocycles. The summed E-state index contributed by atoms with van der Waals surface area (Å²) < 4.78 is 0. The first kappa shape index (κ1) is 11.0. The molecule has 0 bridgehead atoms. The molecule has 0 spiro atoms. The van der Waals surface area contributed by atoms with Gasteiger partial charge in [-0.15, -0.1) is 0 Å². The van der Waals surface area contributed by atoms with Crippen molar-refractivity contribution in [2.24, 2.45) is 0 Å². The van der Waals surface area contributed by atoms with E-state index < -0.39 is 11.9 Å². The molecule has 1 aromatic rings. The van der Waals surface area contributed by atoms with Crippen LogP contribution in [0.3, 0.4) is 0 Å². The number of para-hydroxylation sites is 1. The van der Waals surface area contributed by atoms with Crippen molar-refractivity contribution in [1.29, 1.82) is 0 Å². The van der Waals surface area contributed by atoms with Gasteiger partial charge in [0.2, 0.25) is 5.91 Å². The van der Waals surface area contributed by atoms with Gasteiger partial charge in [0.15, 0.2) is 0 Å². The predicted molar refractivity (Wildman–Crippen MR) is 57.0 cm³/mol. The highest BCUT2D eigenvalue weighted by Gasteiger charge is 2.12. The van der Waals surface area contributed by atoms with Crippen LogP contribution in [0.2, 0.25) is 0 Å². The molecule has 0 heterocycles. The topological polar surface area (TPSA) is 66.4 Å². The smallest absolute Gasteiger partial charge is 0.337 e. The van der Waals surface area contributed by atoms with Crippen molar-refractivity contribution in [3.8, 4) is 0 Å². The minimum absolute atomic E-state index is 0.0743. The van der Waals surface area contributed by atoms with Crippen LogP contribution in [-0.4, -0.2) is 17.0 Å². The van der Waals surface area contributed by atoms with Crippen molar-refractivity contribution >= 4 is 17.6 Å². The Bertz CT molecular complexity index is 424. The molecule has 0 unspecified atom stereocenters. The maximum absolute atomic E-state index is 11.1. The molecule has 0 aliphatic heterocycles. The molecular weight excluding hydrogens is 194 g/mol. The van der Waals surface area contributed by atoms with Crippen molar-refractivity contribution in [2.75, 3.05) is 5.32 Å². The Morgan fingerprint density at radius 1 is 1.47 bits per heavy atom. The third-order valence-corrected chi connectivity index (χ3v) is 1.94. The highest BCUT2D eigenvalue weighted by molar-refractivity contribution is 6.05. The zero-order valence-corrected chi connectivity index (χ0v) is 8.28. The van der Waals surface area contributed by atoms with E-state index >= 15 is 0 Å². The average Bonchev–Trinajstić information content (AvgIpc) is 2.20. The molecule has 2 N–H and O–H groups in total. The standard InChI is InChI=1S/C11H11NO3/c1-3-9(13)12-10-7(2)5-4-6-8(10)11(14)15/h3-6H,1H2,2H3,(H,12,13)(H,14,15). The van der Waals surface area contributed by atoms with Crippen molar-refractivity contribution in [3.63, 3.8) is 0 Å². The lowest BCUT2D eigenvalue weighted by Gasteiger charge is -2.09. The van der Waals surface area contributed by atoms with Crippen LogP contribution in [0.4, 0.5) is 5.69 Å². The van der Waals surface area contributed by atoms with E-state index in [1.165, 1.54) is 6.07 Å². The second kappa shape index (κ2) is 4.41. The van der Waals surface area contributed by atoms with Crippen molar-refractivity contribution < 1.29 is 14.7 Å². The van der Waals surface area contributed by atoms with Gasteiger partial charge < -0.3 is 10.4 Å². The maximum Gasteiger partial charge on any atom is 0.337 e. The number of anilines is 1. The Morgan fingerprint density at radius 3 is 2.67 bits per heavy atom. The van der Waals surface area contributed by atoms with E-state index in [2.05, 4.69) is 11.9 Å². The first-order valence-electron chi connectivity index (χ1n) is 4.32. The van der Waals surface area contributed by atoms with E-state index in [0.29, 0.717) is 11.3 Å². The number of rotatable bonds is 3. The molecule has 78 valence electrons. The zero-order valence-electron chi connectivity index (χ0n) is 8.28. The van der Waals surface area contributed by atoms with Gasteiger partial charge >= 0.3 is 5.97 Å². The minimum atomic E-state index is -1.07. The minimum Gasteiger partial charge on any atom is -0.478 e. The number of hydrogen-bond donors (Lipinski definition) is 2. The summed E-state index contributed by atoms with van der Waals surface area (Å²) in [5, 5.41) is 11.4. The molecule has 1 aromatic carbocycles. The fourth-order valence-electron chi connectivity index (χ4n) is 1.19. The summed E-state index contributed by atoms with van der Waals surface area (Å²) in [4.78, 5) is 22.0. The Labute approximate surface area is 87.2 Å². The van der Waals surface area contributed by atoms with Gasteiger partial charge in [-0.25, -0.2) is 4.79 Å². The number of carboxylic acid groups (broad SMARTS) is 1. The molecule has 0 atom stereocenters. The number of carbonyl (C=O) groups is 2. The van der Waals surface area contributed by atoms with Gasteiger partial charge in [0.25, 0.3) is 0 Å². The first-order chi connectivity index (χ1) is 7.06. The Balaban J connectivity index is 3.18. The molecule has 1 rings (SSSR count). The number of aryl methyl sites for hydroxylation is 1. The Hall–Kier alpha value is -2.10. The van der Waals surface area contributed by atoms with Crippen LogP contribution < -0.4 is 5.32 Å². The van der Waals surface area contributed by atoms with Gasteiger partial charge in [0, 0.05) is 0 Å². The number of amides is 1. The van der Waals surface area contributed by atoms with Crippen LogP contribution in [0.1, 0.15) is 15.9 Å². The van der Waals surface area contributed by atoms with Gasteiger partial charge in [-0.05, 0) is 24.6 Å². The van der Waals surface area contributed by atoms with Crippen LogP contribution in [0, 0.1) is 6.92 Å². The van der Waals surface area contributed by atoms with Gasteiger partial charge in [-0.3, -0.25) is 4.79 Å². The van der Waals surface area contributed by atoms with Crippen LogP contribution in [0.15, 0.2) is 30.9 Å². The van der Waals surface area contributed by atoms with E-state index in [1.54, 1.807) is 19.1 Å². The predicted octanol–water partition coefficient (Wildman–Crippen LogP) is 1.82. The number of hydrogen-bond acceptors (Lipinski definition) is 2. The fourth-order valence-corrected chi connectivity index (χ4v) is 1.19. The highest BCUT2D eigenvalue weighted by atomic mass is 16.4. The lowest BCUT2D eigenvalue weighted by molar-refractivity contribution is -0.111. The van der Waals surface area contributed by atoms with E-state index in [4.69, 9.17) is 5.11 Å².